The number of hydrogen-bond donors (Lipinski definition) is 1. The summed E-state index contributed by atoms with van der Waals surface area (Å²) in [5.41, 5.74) is 0.141. The molecule has 12 heavy (non-hydrogen) atoms. The first-order chi connectivity index (χ1) is 5.55. The van der Waals surface area contributed by atoms with Crippen LogP contribution in [0.25, 0.3) is 0 Å². The Hall–Kier alpha value is -0.150. The maximum absolute atomic E-state index is 12.1. The van der Waals surface area contributed by atoms with Gasteiger partial charge in [-0.3, -0.25) is 4.90 Å². The van der Waals surface area contributed by atoms with Gasteiger partial charge in [0.05, 0.1) is 0 Å². The summed E-state index contributed by atoms with van der Waals surface area (Å²) in [5.74, 6) is 0. The second-order valence-electron chi connectivity index (χ2n) is 4.27. The minimum Gasteiger partial charge on any atom is -0.309 e. The third-order valence-corrected chi connectivity index (χ3v) is 2.47. The molecule has 1 aliphatic heterocycles. The number of nitrogens with one attached hydrogen (secondary N) is 1. The number of alkyl halides is 1. The van der Waals surface area contributed by atoms with E-state index in [0.29, 0.717) is 12.6 Å². The van der Waals surface area contributed by atoms with Crippen LogP contribution >= 0.6 is 0 Å². The summed E-state index contributed by atoms with van der Waals surface area (Å²) >= 11 is 0. The highest BCUT2D eigenvalue weighted by molar-refractivity contribution is 4.90. The van der Waals surface area contributed by atoms with Gasteiger partial charge in [-0.05, 0) is 20.8 Å². The van der Waals surface area contributed by atoms with Crippen molar-refractivity contribution in [1.82, 2.24) is 10.2 Å². The van der Waals surface area contributed by atoms with Crippen LogP contribution in [0.4, 0.5) is 4.39 Å². The molecule has 0 aromatic heterocycles. The lowest BCUT2D eigenvalue weighted by Crippen LogP contribution is -2.60. The Labute approximate surface area is 74.1 Å². The van der Waals surface area contributed by atoms with Crippen LogP contribution in [0.5, 0.6) is 0 Å². The van der Waals surface area contributed by atoms with Gasteiger partial charge < -0.3 is 5.32 Å². The zero-order chi connectivity index (χ0) is 9.19. The van der Waals surface area contributed by atoms with Crippen molar-refractivity contribution in [2.24, 2.45) is 0 Å². The summed E-state index contributed by atoms with van der Waals surface area (Å²) < 4.78 is 12.1. The van der Waals surface area contributed by atoms with Gasteiger partial charge >= 0.3 is 0 Å². The zero-order valence-corrected chi connectivity index (χ0v) is 8.23. The van der Waals surface area contributed by atoms with E-state index in [1.54, 1.807) is 0 Å². The fourth-order valence-corrected chi connectivity index (χ4v) is 1.68. The lowest BCUT2D eigenvalue weighted by molar-refractivity contribution is 0.0979. The first-order valence-electron chi connectivity index (χ1n) is 4.60. The summed E-state index contributed by atoms with van der Waals surface area (Å²) in [4.78, 5) is 2.20. The highest BCUT2D eigenvalue weighted by Crippen LogP contribution is 2.14. The van der Waals surface area contributed by atoms with Crippen LogP contribution in [0.2, 0.25) is 0 Å². The molecule has 1 aliphatic rings. The van der Waals surface area contributed by atoms with Gasteiger partial charge in [0.15, 0.2) is 0 Å². The fraction of sp³-hybridized carbons (Fsp3) is 1.00. The Kier molecular flexibility index (Phi) is 3.07. The van der Waals surface area contributed by atoms with E-state index in [-0.39, 0.29) is 12.2 Å². The number of piperazine rings is 1. The first-order valence-corrected chi connectivity index (χ1v) is 4.60. The van der Waals surface area contributed by atoms with Crippen molar-refractivity contribution in [2.75, 3.05) is 26.3 Å². The number of hydrogen-bond acceptors (Lipinski definition) is 2. The molecule has 1 fully saturated rings. The monoisotopic (exact) mass is 174 g/mol. The Morgan fingerprint density at radius 1 is 1.58 bits per heavy atom. The number of rotatable bonds is 2. The van der Waals surface area contributed by atoms with Gasteiger partial charge in [-0.15, -0.1) is 0 Å². The quantitative estimate of drug-likeness (QED) is 0.672. The SMILES string of the molecule is CC1CNC(C)(C)CN1CCF. The molecule has 0 amide bonds. The molecular weight excluding hydrogens is 155 g/mol. The summed E-state index contributed by atoms with van der Waals surface area (Å²) in [6, 6.07) is 0.466. The maximum atomic E-state index is 12.1. The van der Waals surface area contributed by atoms with Gasteiger partial charge in [0, 0.05) is 31.2 Å². The van der Waals surface area contributed by atoms with Crippen molar-refractivity contribution in [3.8, 4) is 0 Å². The summed E-state index contributed by atoms with van der Waals surface area (Å²) in [5, 5.41) is 3.43. The van der Waals surface area contributed by atoms with Crippen molar-refractivity contribution in [1.29, 1.82) is 0 Å². The van der Waals surface area contributed by atoms with Crippen LogP contribution in [-0.4, -0.2) is 42.8 Å². The van der Waals surface area contributed by atoms with Gasteiger partial charge in [-0.2, -0.15) is 0 Å². The molecular formula is C9H19FN2. The number of nitrogens with zero attached hydrogens (tertiary/aromatic N) is 1. The van der Waals surface area contributed by atoms with Crippen LogP contribution < -0.4 is 5.32 Å². The Morgan fingerprint density at radius 2 is 2.25 bits per heavy atom. The van der Waals surface area contributed by atoms with Crippen molar-refractivity contribution >= 4 is 0 Å². The third kappa shape index (κ3) is 2.42. The molecule has 0 aromatic rings. The Balaban J connectivity index is 2.47. The summed E-state index contributed by atoms with van der Waals surface area (Å²) in [6.45, 7) is 8.70. The Bertz CT molecular complexity index is 147. The standard InChI is InChI=1S/C9H19FN2/c1-8-6-11-9(2,3)7-12(8)5-4-10/h8,11H,4-7H2,1-3H3. The lowest BCUT2D eigenvalue weighted by Gasteiger charge is -2.43. The van der Waals surface area contributed by atoms with E-state index in [1.807, 2.05) is 0 Å². The molecule has 2 nitrogen and oxygen atoms in total. The van der Waals surface area contributed by atoms with Crippen molar-refractivity contribution < 1.29 is 4.39 Å². The molecule has 0 aliphatic carbocycles. The molecule has 0 aromatic carbocycles. The second-order valence-corrected chi connectivity index (χ2v) is 4.27. The van der Waals surface area contributed by atoms with Crippen LogP contribution in [0, 0.1) is 0 Å². The van der Waals surface area contributed by atoms with Gasteiger partial charge in [0.25, 0.3) is 0 Å². The van der Waals surface area contributed by atoms with Crippen molar-refractivity contribution in [3.05, 3.63) is 0 Å². The highest BCUT2D eigenvalue weighted by Gasteiger charge is 2.29. The van der Waals surface area contributed by atoms with Gasteiger partial charge in [0.2, 0.25) is 0 Å². The normalized spacial score (nSPS) is 30.5. The van der Waals surface area contributed by atoms with E-state index in [1.165, 1.54) is 0 Å². The van der Waals surface area contributed by atoms with E-state index in [9.17, 15) is 4.39 Å². The molecule has 0 spiro atoms. The predicted molar refractivity (Wildman–Crippen MR) is 49.1 cm³/mol. The molecule has 3 heteroatoms. The minimum absolute atomic E-state index is 0.141. The molecule has 0 bridgehead atoms. The molecule has 1 atom stereocenters. The molecule has 1 rings (SSSR count). The van der Waals surface area contributed by atoms with Crippen LogP contribution in [0.15, 0.2) is 0 Å². The van der Waals surface area contributed by atoms with Gasteiger partial charge in [-0.1, -0.05) is 0 Å². The second kappa shape index (κ2) is 3.71. The predicted octanol–water partition coefficient (Wildman–Crippen LogP) is 1.03. The smallest absolute Gasteiger partial charge is 0.102 e. The third-order valence-electron chi connectivity index (χ3n) is 2.47. The number of halogens is 1. The van der Waals surface area contributed by atoms with Crippen LogP contribution in [0.3, 0.4) is 0 Å². The molecule has 1 unspecified atom stereocenters. The lowest BCUT2D eigenvalue weighted by atomic mass is 9.99. The zero-order valence-electron chi connectivity index (χ0n) is 8.23. The largest absolute Gasteiger partial charge is 0.309 e. The average molecular weight is 174 g/mol. The van der Waals surface area contributed by atoms with Gasteiger partial charge in [0.1, 0.15) is 6.67 Å². The molecule has 0 radical (unpaired) electrons. The van der Waals surface area contributed by atoms with Crippen LogP contribution in [-0.2, 0) is 0 Å². The van der Waals surface area contributed by atoms with E-state index in [4.69, 9.17) is 0 Å². The fourth-order valence-electron chi connectivity index (χ4n) is 1.68. The van der Waals surface area contributed by atoms with Gasteiger partial charge in [-0.25, -0.2) is 4.39 Å². The summed E-state index contributed by atoms with van der Waals surface area (Å²) in [6.07, 6.45) is 0. The van der Waals surface area contributed by atoms with Crippen LogP contribution in [0.1, 0.15) is 20.8 Å². The van der Waals surface area contributed by atoms with E-state index in [0.717, 1.165) is 13.1 Å². The van der Waals surface area contributed by atoms with Crippen molar-refractivity contribution in [3.63, 3.8) is 0 Å². The molecule has 1 heterocycles. The van der Waals surface area contributed by atoms with E-state index >= 15 is 0 Å². The first kappa shape index (κ1) is 9.93. The summed E-state index contributed by atoms with van der Waals surface area (Å²) in [7, 11) is 0. The topological polar surface area (TPSA) is 15.3 Å². The molecule has 1 saturated heterocycles. The van der Waals surface area contributed by atoms with E-state index in [2.05, 4.69) is 31.0 Å². The minimum atomic E-state index is -0.236. The molecule has 72 valence electrons. The van der Waals surface area contributed by atoms with E-state index < -0.39 is 0 Å². The molecule has 1 N–H and O–H groups in total. The van der Waals surface area contributed by atoms with Crippen molar-refractivity contribution in [2.45, 2.75) is 32.4 Å². The Morgan fingerprint density at radius 3 is 2.83 bits per heavy atom. The maximum Gasteiger partial charge on any atom is 0.102 e. The highest BCUT2D eigenvalue weighted by atomic mass is 19.1. The average Bonchev–Trinajstić information content (AvgIpc) is 1.97. The molecule has 0 saturated carbocycles.